The van der Waals surface area contributed by atoms with E-state index >= 15 is 0 Å². The van der Waals surface area contributed by atoms with Gasteiger partial charge in [0.05, 0.1) is 16.3 Å². The molecule has 0 spiro atoms. The van der Waals surface area contributed by atoms with Crippen LogP contribution in [0, 0.1) is 5.82 Å². The van der Waals surface area contributed by atoms with Gasteiger partial charge in [-0.25, -0.2) is 9.18 Å². The van der Waals surface area contributed by atoms with E-state index in [0.29, 0.717) is 5.02 Å². The number of benzene rings is 2. The van der Waals surface area contributed by atoms with E-state index in [0.717, 1.165) is 6.07 Å². The summed E-state index contributed by atoms with van der Waals surface area (Å²) in [7, 11) is 0. The molecule has 7 heteroatoms. The molecular formula is C15H10Cl2FNO3. The van der Waals surface area contributed by atoms with Gasteiger partial charge in [0.15, 0.2) is 6.61 Å². The van der Waals surface area contributed by atoms with Gasteiger partial charge in [0.1, 0.15) is 5.82 Å². The Kier molecular flexibility index (Phi) is 5.35. The van der Waals surface area contributed by atoms with Gasteiger partial charge in [0.25, 0.3) is 5.91 Å². The topological polar surface area (TPSA) is 55.4 Å². The van der Waals surface area contributed by atoms with E-state index in [9.17, 15) is 14.0 Å². The fourth-order valence-electron chi connectivity index (χ4n) is 1.58. The van der Waals surface area contributed by atoms with Crippen molar-refractivity contribution in [3.8, 4) is 0 Å². The number of carbonyl (C=O) groups excluding carboxylic acids is 2. The third-order valence-electron chi connectivity index (χ3n) is 2.62. The first kappa shape index (κ1) is 16.3. The number of ether oxygens (including phenoxy) is 1. The lowest BCUT2D eigenvalue weighted by Crippen LogP contribution is -2.21. The molecule has 0 aliphatic carbocycles. The number of anilines is 1. The molecule has 0 unspecified atom stereocenters. The number of esters is 1. The van der Waals surface area contributed by atoms with Crippen molar-refractivity contribution < 1.29 is 18.7 Å². The molecule has 1 N–H and O–H groups in total. The van der Waals surface area contributed by atoms with Crippen LogP contribution in [0.4, 0.5) is 10.1 Å². The zero-order valence-corrected chi connectivity index (χ0v) is 12.6. The summed E-state index contributed by atoms with van der Waals surface area (Å²) in [5.41, 5.74) is 0.371. The Labute approximate surface area is 135 Å². The number of hydrogen-bond acceptors (Lipinski definition) is 3. The summed E-state index contributed by atoms with van der Waals surface area (Å²) in [6.07, 6.45) is 0. The maximum absolute atomic E-state index is 13.1. The molecule has 4 nitrogen and oxygen atoms in total. The van der Waals surface area contributed by atoms with E-state index in [4.69, 9.17) is 27.9 Å². The fraction of sp³-hybridized carbons (Fsp3) is 0.0667. The molecule has 0 fully saturated rings. The molecule has 0 aliphatic heterocycles. The van der Waals surface area contributed by atoms with Crippen molar-refractivity contribution in [2.75, 3.05) is 11.9 Å². The molecule has 0 radical (unpaired) electrons. The van der Waals surface area contributed by atoms with E-state index in [1.54, 1.807) is 0 Å². The number of amides is 1. The monoisotopic (exact) mass is 341 g/mol. The summed E-state index contributed by atoms with van der Waals surface area (Å²) in [6, 6.07) is 9.57. The summed E-state index contributed by atoms with van der Waals surface area (Å²) < 4.78 is 17.9. The van der Waals surface area contributed by atoms with Gasteiger partial charge in [-0.2, -0.15) is 0 Å². The van der Waals surface area contributed by atoms with Gasteiger partial charge in [-0.3, -0.25) is 4.79 Å². The van der Waals surface area contributed by atoms with Crippen LogP contribution in [0.2, 0.25) is 10.0 Å². The standard InChI is InChI=1S/C15H10Cl2FNO3/c16-10-3-1-9(2-4-10)15(21)22-8-14(20)19-13-7-11(18)5-6-12(13)17/h1-7H,8H2,(H,19,20). The maximum Gasteiger partial charge on any atom is 0.338 e. The van der Waals surface area contributed by atoms with Gasteiger partial charge in [-0.05, 0) is 42.5 Å². The summed E-state index contributed by atoms with van der Waals surface area (Å²) in [5.74, 6) is -1.84. The third kappa shape index (κ3) is 4.44. The molecule has 114 valence electrons. The van der Waals surface area contributed by atoms with Crippen molar-refractivity contribution >= 4 is 40.8 Å². The molecule has 2 rings (SSSR count). The predicted octanol–water partition coefficient (Wildman–Crippen LogP) is 3.93. The second kappa shape index (κ2) is 7.24. The van der Waals surface area contributed by atoms with Crippen LogP contribution >= 0.6 is 23.2 Å². The minimum atomic E-state index is -0.669. The molecule has 0 aromatic heterocycles. The van der Waals surface area contributed by atoms with Crippen LogP contribution in [0.1, 0.15) is 10.4 Å². The number of nitrogens with one attached hydrogen (secondary N) is 1. The molecule has 0 aliphatic rings. The number of carbonyl (C=O) groups is 2. The Hall–Kier alpha value is -2.11. The number of rotatable bonds is 4. The smallest absolute Gasteiger partial charge is 0.338 e. The summed E-state index contributed by atoms with van der Waals surface area (Å²) in [5, 5.41) is 3.02. The van der Waals surface area contributed by atoms with Crippen LogP contribution < -0.4 is 5.32 Å². The fourth-order valence-corrected chi connectivity index (χ4v) is 1.87. The summed E-state index contributed by atoms with van der Waals surface area (Å²) >= 11 is 11.5. The molecule has 0 bridgehead atoms. The highest BCUT2D eigenvalue weighted by molar-refractivity contribution is 6.33. The second-order valence-electron chi connectivity index (χ2n) is 4.26. The van der Waals surface area contributed by atoms with E-state index in [1.165, 1.54) is 36.4 Å². The van der Waals surface area contributed by atoms with Crippen molar-refractivity contribution in [1.29, 1.82) is 0 Å². The lowest BCUT2D eigenvalue weighted by atomic mass is 10.2. The predicted molar refractivity (Wildman–Crippen MR) is 81.8 cm³/mol. The average Bonchev–Trinajstić information content (AvgIpc) is 2.49. The minimum absolute atomic E-state index is 0.106. The van der Waals surface area contributed by atoms with Gasteiger partial charge in [-0.15, -0.1) is 0 Å². The van der Waals surface area contributed by atoms with Gasteiger partial charge in [-0.1, -0.05) is 23.2 Å². The molecule has 22 heavy (non-hydrogen) atoms. The van der Waals surface area contributed by atoms with Crippen molar-refractivity contribution in [2.45, 2.75) is 0 Å². The average molecular weight is 342 g/mol. The zero-order valence-electron chi connectivity index (χ0n) is 11.1. The Balaban J connectivity index is 1.91. The van der Waals surface area contributed by atoms with Gasteiger partial charge < -0.3 is 10.1 Å². The first-order chi connectivity index (χ1) is 10.5. The van der Waals surface area contributed by atoms with Crippen molar-refractivity contribution in [1.82, 2.24) is 0 Å². The van der Waals surface area contributed by atoms with Crippen molar-refractivity contribution in [3.05, 3.63) is 63.9 Å². The van der Waals surface area contributed by atoms with Gasteiger partial charge >= 0.3 is 5.97 Å². The lowest BCUT2D eigenvalue weighted by Gasteiger charge is -2.08. The van der Waals surface area contributed by atoms with Crippen LogP contribution in [0.25, 0.3) is 0 Å². The van der Waals surface area contributed by atoms with E-state index in [-0.39, 0.29) is 16.3 Å². The first-order valence-corrected chi connectivity index (χ1v) is 6.89. The lowest BCUT2D eigenvalue weighted by molar-refractivity contribution is -0.119. The molecule has 1 amide bonds. The van der Waals surface area contributed by atoms with Crippen molar-refractivity contribution in [2.24, 2.45) is 0 Å². The van der Waals surface area contributed by atoms with Crippen LogP contribution in [-0.4, -0.2) is 18.5 Å². The number of halogens is 3. The molecule has 0 atom stereocenters. The third-order valence-corrected chi connectivity index (χ3v) is 3.20. The normalized spacial score (nSPS) is 10.1. The zero-order chi connectivity index (χ0) is 16.1. The highest BCUT2D eigenvalue weighted by Gasteiger charge is 2.12. The van der Waals surface area contributed by atoms with Crippen molar-refractivity contribution in [3.63, 3.8) is 0 Å². The van der Waals surface area contributed by atoms with Gasteiger partial charge in [0.2, 0.25) is 0 Å². The van der Waals surface area contributed by atoms with E-state index in [2.05, 4.69) is 5.32 Å². The highest BCUT2D eigenvalue weighted by atomic mass is 35.5. The van der Waals surface area contributed by atoms with E-state index < -0.39 is 24.3 Å². The highest BCUT2D eigenvalue weighted by Crippen LogP contribution is 2.22. The minimum Gasteiger partial charge on any atom is -0.452 e. The van der Waals surface area contributed by atoms with E-state index in [1.807, 2.05) is 0 Å². The molecule has 2 aromatic rings. The molecule has 2 aromatic carbocycles. The molecule has 0 saturated carbocycles. The Morgan fingerprint density at radius 2 is 1.77 bits per heavy atom. The molecule has 0 saturated heterocycles. The largest absolute Gasteiger partial charge is 0.452 e. The Morgan fingerprint density at radius 1 is 1.09 bits per heavy atom. The first-order valence-electron chi connectivity index (χ1n) is 6.13. The quantitative estimate of drug-likeness (QED) is 0.857. The van der Waals surface area contributed by atoms with Crippen LogP contribution in [0.3, 0.4) is 0 Å². The Bertz CT molecular complexity index is 704. The summed E-state index contributed by atoms with van der Waals surface area (Å²) in [6.45, 7) is -0.520. The Morgan fingerprint density at radius 3 is 2.45 bits per heavy atom. The number of hydrogen-bond donors (Lipinski definition) is 1. The second-order valence-corrected chi connectivity index (χ2v) is 5.10. The van der Waals surface area contributed by atoms with Gasteiger partial charge in [0, 0.05) is 5.02 Å². The molecule has 0 heterocycles. The van der Waals surface area contributed by atoms with Crippen LogP contribution in [-0.2, 0) is 9.53 Å². The molecular weight excluding hydrogens is 332 g/mol. The summed E-state index contributed by atoms with van der Waals surface area (Å²) in [4.78, 5) is 23.4. The maximum atomic E-state index is 13.1. The van der Waals surface area contributed by atoms with Crippen LogP contribution in [0.15, 0.2) is 42.5 Å². The van der Waals surface area contributed by atoms with Crippen LogP contribution in [0.5, 0.6) is 0 Å². The SMILES string of the molecule is O=C(COC(=O)c1ccc(Cl)cc1)Nc1cc(F)ccc1Cl.